The lowest BCUT2D eigenvalue weighted by molar-refractivity contribution is -0.137. The van der Waals surface area contributed by atoms with E-state index in [0.29, 0.717) is 18.3 Å². The third kappa shape index (κ3) is 5.26. The van der Waals surface area contributed by atoms with Gasteiger partial charge in [-0.1, -0.05) is 24.3 Å². The molecule has 3 aromatic rings. The topological polar surface area (TPSA) is 110 Å². The summed E-state index contributed by atoms with van der Waals surface area (Å²) in [5, 5.41) is 22.6. The van der Waals surface area contributed by atoms with E-state index < -0.39 is 5.97 Å². The molecule has 0 aliphatic heterocycles. The lowest BCUT2D eigenvalue weighted by Crippen LogP contribution is -2.06. The fraction of sp³-hybridized carbons (Fsp3) is 0.350. The van der Waals surface area contributed by atoms with E-state index in [2.05, 4.69) is 25.5 Å². The largest absolute Gasteiger partial charge is 0.481 e. The second-order valence-corrected chi connectivity index (χ2v) is 7.63. The molecule has 8 nitrogen and oxygen atoms in total. The van der Waals surface area contributed by atoms with Crippen LogP contribution in [0, 0.1) is 6.92 Å². The molecule has 0 saturated carbocycles. The van der Waals surface area contributed by atoms with Gasteiger partial charge in [-0.3, -0.25) is 4.79 Å². The van der Waals surface area contributed by atoms with Crippen LogP contribution in [0.5, 0.6) is 6.01 Å². The van der Waals surface area contributed by atoms with Gasteiger partial charge in [-0.15, -0.1) is 10.2 Å². The zero-order chi connectivity index (χ0) is 20.8. The number of aromatic nitrogens is 4. The fourth-order valence-corrected chi connectivity index (χ4v) is 3.69. The minimum atomic E-state index is -0.810. The lowest BCUT2D eigenvalue weighted by Gasteiger charge is -2.17. The molecule has 0 aliphatic carbocycles. The monoisotopic (exact) mass is 413 g/mol. The SMILES string of the molecule is CCOc1ncc(Nc2cc(C(CC)CC(=O)O)ccc2-c2nnc(C)s2)cn1. The molecule has 2 heterocycles. The molecule has 1 aromatic carbocycles. The average Bonchev–Trinajstić information content (AvgIpc) is 3.14. The third-order valence-corrected chi connectivity index (χ3v) is 5.24. The van der Waals surface area contributed by atoms with Crippen molar-refractivity contribution in [1.29, 1.82) is 0 Å². The van der Waals surface area contributed by atoms with Crippen molar-refractivity contribution < 1.29 is 14.6 Å². The second-order valence-electron chi connectivity index (χ2n) is 6.45. The van der Waals surface area contributed by atoms with E-state index in [0.717, 1.165) is 33.3 Å². The highest BCUT2D eigenvalue weighted by molar-refractivity contribution is 7.14. The van der Waals surface area contributed by atoms with Crippen LogP contribution in [0.3, 0.4) is 0 Å². The first-order chi connectivity index (χ1) is 14.0. The van der Waals surface area contributed by atoms with Gasteiger partial charge in [0.2, 0.25) is 0 Å². The number of anilines is 2. The number of nitrogens with one attached hydrogen (secondary N) is 1. The Balaban J connectivity index is 1.97. The highest BCUT2D eigenvalue weighted by Gasteiger charge is 2.17. The molecule has 0 fully saturated rings. The minimum Gasteiger partial charge on any atom is -0.481 e. The molecular weight excluding hydrogens is 390 g/mol. The predicted molar refractivity (Wildman–Crippen MR) is 112 cm³/mol. The molecule has 0 aliphatic rings. The van der Waals surface area contributed by atoms with Gasteiger partial charge in [0.15, 0.2) is 0 Å². The van der Waals surface area contributed by atoms with Gasteiger partial charge >= 0.3 is 12.0 Å². The Morgan fingerprint density at radius 2 is 2.00 bits per heavy atom. The van der Waals surface area contributed by atoms with E-state index in [1.54, 1.807) is 12.4 Å². The zero-order valence-electron chi connectivity index (χ0n) is 16.5. The Bertz CT molecular complexity index is 975. The van der Waals surface area contributed by atoms with Gasteiger partial charge in [-0.2, -0.15) is 0 Å². The number of carboxylic acids is 1. The molecule has 152 valence electrons. The molecule has 9 heteroatoms. The maximum atomic E-state index is 11.2. The highest BCUT2D eigenvalue weighted by Crippen LogP contribution is 2.36. The molecule has 2 aromatic heterocycles. The first-order valence-electron chi connectivity index (χ1n) is 9.38. The molecule has 1 unspecified atom stereocenters. The lowest BCUT2D eigenvalue weighted by atomic mass is 9.92. The Hall–Kier alpha value is -3.07. The molecule has 0 radical (unpaired) electrons. The summed E-state index contributed by atoms with van der Waals surface area (Å²) in [7, 11) is 0. The van der Waals surface area contributed by atoms with Crippen LogP contribution in [0.4, 0.5) is 11.4 Å². The van der Waals surface area contributed by atoms with Crippen LogP contribution in [-0.4, -0.2) is 37.8 Å². The number of carbonyl (C=O) groups is 1. The molecule has 3 rings (SSSR count). The Morgan fingerprint density at radius 1 is 1.24 bits per heavy atom. The quantitative estimate of drug-likeness (QED) is 0.531. The Morgan fingerprint density at radius 3 is 2.59 bits per heavy atom. The van der Waals surface area contributed by atoms with E-state index in [9.17, 15) is 9.90 Å². The first-order valence-corrected chi connectivity index (χ1v) is 10.2. The molecule has 0 spiro atoms. The van der Waals surface area contributed by atoms with Gasteiger partial charge in [-0.25, -0.2) is 9.97 Å². The maximum absolute atomic E-state index is 11.2. The van der Waals surface area contributed by atoms with Crippen LogP contribution in [-0.2, 0) is 4.79 Å². The van der Waals surface area contributed by atoms with Crippen LogP contribution in [0.25, 0.3) is 10.6 Å². The Kier molecular flexibility index (Phi) is 6.71. The molecule has 2 N–H and O–H groups in total. The van der Waals surface area contributed by atoms with Crippen molar-refractivity contribution in [2.45, 2.75) is 39.5 Å². The zero-order valence-corrected chi connectivity index (χ0v) is 17.4. The number of aliphatic carboxylic acids is 1. The van der Waals surface area contributed by atoms with Crippen molar-refractivity contribution in [1.82, 2.24) is 20.2 Å². The number of benzene rings is 1. The van der Waals surface area contributed by atoms with Crippen LogP contribution in [0.2, 0.25) is 0 Å². The molecule has 29 heavy (non-hydrogen) atoms. The number of hydrogen-bond donors (Lipinski definition) is 2. The van der Waals surface area contributed by atoms with E-state index in [1.807, 2.05) is 39.0 Å². The standard InChI is InChI=1S/C20H23N5O3S/c1-4-13(9-18(26)27)14-6-7-16(19-25-24-12(3)29-19)17(8-14)23-15-10-21-20(22-11-15)28-5-2/h6-8,10-11,13,23H,4-5,9H2,1-3H3,(H,26,27). The smallest absolute Gasteiger partial charge is 0.316 e. The van der Waals surface area contributed by atoms with Gasteiger partial charge in [0.05, 0.1) is 31.1 Å². The maximum Gasteiger partial charge on any atom is 0.316 e. The van der Waals surface area contributed by atoms with E-state index in [1.165, 1.54) is 11.3 Å². The normalized spacial score (nSPS) is 11.8. The fourth-order valence-electron chi connectivity index (χ4n) is 2.96. The average molecular weight is 414 g/mol. The number of carboxylic acid groups (broad SMARTS) is 1. The Labute approximate surface area is 173 Å². The summed E-state index contributed by atoms with van der Waals surface area (Å²) >= 11 is 1.50. The summed E-state index contributed by atoms with van der Waals surface area (Å²) in [6, 6.07) is 6.21. The number of ether oxygens (including phenoxy) is 1. The van der Waals surface area contributed by atoms with Gasteiger partial charge in [0.25, 0.3) is 0 Å². The van der Waals surface area contributed by atoms with E-state index in [4.69, 9.17) is 4.74 Å². The van der Waals surface area contributed by atoms with Crippen LogP contribution in [0.1, 0.15) is 43.2 Å². The van der Waals surface area contributed by atoms with Crippen LogP contribution >= 0.6 is 11.3 Å². The number of rotatable bonds is 9. The molecule has 0 bridgehead atoms. The number of hydrogen-bond acceptors (Lipinski definition) is 8. The predicted octanol–water partition coefficient (Wildman–Crippen LogP) is 4.41. The molecule has 1 atom stereocenters. The summed E-state index contributed by atoms with van der Waals surface area (Å²) in [4.78, 5) is 19.6. The van der Waals surface area contributed by atoms with Crippen molar-refractivity contribution >= 4 is 28.7 Å². The van der Waals surface area contributed by atoms with Gasteiger partial charge in [0.1, 0.15) is 10.0 Å². The van der Waals surface area contributed by atoms with E-state index in [-0.39, 0.29) is 12.3 Å². The van der Waals surface area contributed by atoms with Crippen molar-refractivity contribution in [3.63, 3.8) is 0 Å². The van der Waals surface area contributed by atoms with E-state index >= 15 is 0 Å². The highest BCUT2D eigenvalue weighted by atomic mass is 32.1. The molecular formula is C20H23N5O3S. The summed E-state index contributed by atoms with van der Waals surface area (Å²) in [5.74, 6) is -0.884. The summed E-state index contributed by atoms with van der Waals surface area (Å²) in [6.07, 6.45) is 4.11. The van der Waals surface area contributed by atoms with Crippen molar-refractivity contribution in [3.05, 3.63) is 41.2 Å². The molecule has 0 saturated heterocycles. The molecule has 0 amide bonds. The van der Waals surface area contributed by atoms with Crippen LogP contribution in [0.15, 0.2) is 30.6 Å². The van der Waals surface area contributed by atoms with Crippen molar-refractivity contribution in [2.75, 3.05) is 11.9 Å². The van der Waals surface area contributed by atoms with Gasteiger partial charge < -0.3 is 15.2 Å². The number of nitrogens with zero attached hydrogens (tertiary/aromatic N) is 4. The van der Waals surface area contributed by atoms with Crippen molar-refractivity contribution in [2.24, 2.45) is 0 Å². The van der Waals surface area contributed by atoms with Crippen LogP contribution < -0.4 is 10.1 Å². The van der Waals surface area contributed by atoms with Gasteiger partial charge in [-0.05, 0) is 43.9 Å². The first kappa shape index (κ1) is 20.7. The summed E-state index contributed by atoms with van der Waals surface area (Å²) < 4.78 is 5.29. The summed E-state index contributed by atoms with van der Waals surface area (Å²) in [6.45, 7) is 6.27. The third-order valence-electron chi connectivity index (χ3n) is 4.37. The van der Waals surface area contributed by atoms with Crippen molar-refractivity contribution in [3.8, 4) is 16.6 Å². The minimum absolute atomic E-state index is 0.0742. The second kappa shape index (κ2) is 9.42. The summed E-state index contributed by atoms with van der Waals surface area (Å²) in [5.41, 5.74) is 3.34. The number of aryl methyl sites for hydroxylation is 1. The van der Waals surface area contributed by atoms with Gasteiger partial charge in [0, 0.05) is 11.3 Å².